The highest BCUT2D eigenvalue weighted by atomic mass is 32.1. The van der Waals surface area contributed by atoms with Gasteiger partial charge in [-0.05, 0) is 12.2 Å². The van der Waals surface area contributed by atoms with Crippen LogP contribution in [0, 0.1) is 11.1 Å². The van der Waals surface area contributed by atoms with Crippen molar-refractivity contribution in [2.45, 2.75) is 6.54 Å². The van der Waals surface area contributed by atoms with Crippen LogP contribution in [0.5, 0.6) is 0 Å². The Labute approximate surface area is 58.0 Å². The van der Waals surface area contributed by atoms with Gasteiger partial charge in [0.1, 0.15) is 0 Å². The van der Waals surface area contributed by atoms with Crippen LogP contribution in [-0.2, 0) is 6.54 Å². The summed E-state index contributed by atoms with van der Waals surface area (Å²) in [7, 11) is 0. The van der Waals surface area contributed by atoms with Gasteiger partial charge in [0.2, 0.25) is 6.33 Å². The Kier molecular flexibility index (Phi) is 1.79. The van der Waals surface area contributed by atoms with Gasteiger partial charge in [-0.1, -0.05) is 6.08 Å². The van der Waals surface area contributed by atoms with Gasteiger partial charge in [-0.3, -0.25) is 9.67 Å². The first-order valence-corrected chi connectivity index (χ1v) is 2.89. The van der Waals surface area contributed by atoms with E-state index in [4.69, 9.17) is 12.2 Å². The van der Waals surface area contributed by atoms with E-state index in [1.165, 1.54) is 0 Å². The van der Waals surface area contributed by atoms with Crippen LogP contribution >= 0.6 is 12.2 Å². The van der Waals surface area contributed by atoms with Crippen LogP contribution < -0.4 is 0 Å². The minimum absolute atomic E-state index is 0.579. The van der Waals surface area contributed by atoms with E-state index in [0.717, 1.165) is 0 Å². The van der Waals surface area contributed by atoms with Crippen LogP contribution in [0.4, 0.5) is 0 Å². The molecule has 1 rings (SSSR count). The second kappa shape index (κ2) is 2.59. The molecule has 0 fully saturated rings. The molecule has 1 heterocycles. The predicted octanol–water partition coefficient (Wildman–Crippen LogP) is 0.927. The van der Waals surface area contributed by atoms with E-state index >= 15 is 0 Å². The Bertz CT molecular complexity index is 247. The number of aromatic nitrogens is 3. The highest BCUT2D eigenvalue weighted by Crippen LogP contribution is 1.84. The quantitative estimate of drug-likeness (QED) is 0.489. The third-order valence-electron chi connectivity index (χ3n) is 0.879. The second-order valence-corrected chi connectivity index (χ2v) is 1.91. The van der Waals surface area contributed by atoms with E-state index in [-0.39, 0.29) is 0 Å². The molecule has 0 saturated heterocycles. The fourth-order valence-corrected chi connectivity index (χ4v) is 0.653. The summed E-state index contributed by atoms with van der Waals surface area (Å²) in [5.74, 6) is 0. The summed E-state index contributed by atoms with van der Waals surface area (Å²) < 4.78 is 2.25. The van der Waals surface area contributed by atoms with Crippen LogP contribution in [0.1, 0.15) is 0 Å². The molecule has 0 aromatic carbocycles. The maximum absolute atomic E-state index is 4.82. The molecule has 0 aliphatic rings. The topological polar surface area (TPSA) is 33.6 Å². The van der Waals surface area contributed by atoms with E-state index in [1.54, 1.807) is 10.6 Å². The summed E-state index contributed by atoms with van der Waals surface area (Å²) in [5, 5.41) is 6.18. The number of hydrogen-bond acceptors (Lipinski definition) is 2. The lowest BCUT2D eigenvalue weighted by molar-refractivity contribution is 0.798. The van der Waals surface area contributed by atoms with Crippen molar-refractivity contribution >= 4 is 12.2 Å². The Morgan fingerprint density at radius 3 is 3.22 bits per heavy atom. The van der Waals surface area contributed by atoms with Gasteiger partial charge in [0.15, 0.2) is 4.77 Å². The Hall–Kier alpha value is -0.900. The highest BCUT2D eigenvalue weighted by molar-refractivity contribution is 7.71. The standard InChI is InChI=1S/C5H6N3S/c1-2-3-8-4-6-7-5(8)9/h2H,1,3H2,(H,7,9). The molecule has 0 aliphatic carbocycles. The van der Waals surface area contributed by atoms with Gasteiger partial charge in [0, 0.05) is 6.54 Å². The zero-order valence-electron chi connectivity index (χ0n) is 4.79. The summed E-state index contributed by atoms with van der Waals surface area (Å²) in [5.41, 5.74) is 0. The molecule has 4 heteroatoms. The van der Waals surface area contributed by atoms with Gasteiger partial charge in [0.25, 0.3) is 0 Å². The average Bonchev–Trinajstić information content (AvgIpc) is 2.18. The number of nitrogens with zero attached hydrogens (tertiary/aromatic N) is 2. The zero-order valence-corrected chi connectivity index (χ0v) is 5.61. The first-order chi connectivity index (χ1) is 4.34. The van der Waals surface area contributed by atoms with Crippen molar-refractivity contribution in [3.05, 3.63) is 23.8 Å². The van der Waals surface area contributed by atoms with Gasteiger partial charge < -0.3 is 0 Å². The minimum atomic E-state index is 0.579. The molecule has 0 spiro atoms. The SMILES string of the molecule is C=CCn1[c]n[nH]c1=S. The van der Waals surface area contributed by atoms with Gasteiger partial charge in [-0.2, -0.15) is 5.10 Å². The van der Waals surface area contributed by atoms with E-state index in [2.05, 4.69) is 23.1 Å². The van der Waals surface area contributed by atoms with Crippen LogP contribution in [-0.4, -0.2) is 14.8 Å². The van der Waals surface area contributed by atoms with Crippen molar-refractivity contribution in [2.24, 2.45) is 0 Å². The van der Waals surface area contributed by atoms with Crippen LogP contribution in [0.25, 0.3) is 0 Å². The number of nitrogens with one attached hydrogen (secondary N) is 1. The lowest BCUT2D eigenvalue weighted by Crippen LogP contribution is -1.91. The molecule has 1 aromatic rings. The summed E-state index contributed by atoms with van der Waals surface area (Å²) in [6.07, 6.45) is 4.38. The van der Waals surface area contributed by atoms with Gasteiger partial charge >= 0.3 is 0 Å². The Balaban J connectivity index is 2.93. The van der Waals surface area contributed by atoms with Crippen LogP contribution in [0.15, 0.2) is 12.7 Å². The largest absolute Gasteiger partial charge is 0.294 e. The molecule has 1 aromatic heterocycles. The number of H-pyrrole nitrogens is 1. The molecule has 1 N–H and O–H groups in total. The molecule has 0 atom stereocenters. The third-order valence-corrected chi connectivity index (χ3v) is 1.19. The normalized spacial score (nSPS) is 9.33. The molecule has 1 radical (unpaired) electrons. The van der Waals surface area contributed by atoms with Crippen molar-refractivity contribution in [3.63, 3.8) is 0 Å². The van der Waals surface area contributed by atoms with Crippen LogP contribution in [0.3, 0.4) is 0 Å². The van der Waals surface area contributed by atoms with Crippen molar-refractivity contribution < 1.29 is 0 Å². The molecule has 9 heavy (non-hydrogen) atoms. The summed E-state index contributed by atoms with van der Waals surface area (Å²) in [6, 6.07) is 0. The average molecular weight is 140 g/mol. The predicted molar refractivity (Wildman–Crippen MR) is 36.4 cm³/mol. The Morgan fingerprint density at radius 2 is 2.78 bits per heavy atom. The molecule has 3 nitrogen and oxygen atoms in total. The van der Waals surface area contributed by atoms with E-state index in [0.29, 0.717) is 11.3 Å². The van der Waals surface area contributed by atoms with Crippen molar-refractivity contribution in [1.82, 2.24) is 14.8 Å². The minimum Gasteiger partial charge on any atom is -0.294 e. The lowest BCUT2D eigenvalue weighted by atomic mass is 10.6. The van der Waals surface area contributed by atoms with E-state index in [9.17, 15) is 0 Å². The fourth-order valence-electron chi connectivity index (χ4n) is 0.492. The summed E-state index contributed by atoms with van der Waals surface area (Å²) in [4.78, 5) is 0. The number of allylic oxidation sites excluding steroid dienone is 1. The first kappa shape index (κ1) is 6.22. The number of rotatable bonds is 2. The fraction of sp³-hybridized carbons (Fsp3) is 0.200. The smallest absolute Gasteiger partial charge is 0.200 e. The van der Waals surface area contributed by atoms with Gasteiger partial charge in [-0.15, -0.1) is 6.58 Å². The van der Waals surface area contributed by atoms with Crippen molar-refractivity contribution in [2.75, 3.05) is 0 Å². The molecular formula is C5H6N3S. The number of hydrogen-bond donors (Lipinski definition) is 1. The molecular weight excluding hydrogens is 134 g/mol. The summed E-state index contributed by atoms with van der Waals surface area (Å²) >= 11 is 4.82. The summed E-state index contributed by atoms with van der Waals surface area (Å²) in [6.45, 7) is 4.21. The third kappa shape index (κ3) is 1.26. The molecule has 47 valence electrons. The molecule has 0 unspecified atom stereocenters. The van der Waals surface area contributed by atoms with E-state index in [1.807, 2.05) is 0 Å². The zero-order chi connectivity index (χ0) is 6.69. The Morgan fingerprint density at radius 1 is 2.00 bits per heavy atom. The van der Waals surface area contributed by atoms with Crippen molar-refractivity contribution in [1.29, 1.82) is 0 Å². The van der Waals surface area contributed by atoms with Crippen LogP contribution in [0.2, 0.25) is 0 Å². The first-order valence-electron chi connectivity index (χ1n) is 2.48. The van der Waals surface area contributed by atoms with Crippen molar-refractivity contribution in [3.8, 4) is 0 Å². The monoisotopic (exact) mass is 140 g/mol. The molecule has 0 amide bonds. The van der Waals surface area contributed by atoms with Gasteiger partial charge in [-0.25, -0.2) is 0 Å². The maximum Gasteiger partial charge on any atom is 0.200 e. The molecule has 0 bridgehead atoms. The highest BCUT2D eigenvalue weighted by Gasteiger charge is 1.87. The lowest BCUT2D eigenvalue weighted by Gasteiger charge is -1.88. The van der Waals surface area contributed by atoms with E-state index < -0.39 is 0 Å². The second-order valence-electron chi connectivity index (χ2n) is 1.53. The maximum atomic E-state index is 4.82. The molecule has 0 saturated carbocycles. The number of aromatic amines is 1. The van der Waals surface area contributed by atoms with Gasteiger partial charge in [0.05, 0.1) is 0 Å². The molecule has 0 aliphatic heterocycles.